The lowest BCUT2D eigenvalue weighted by atomic mass is 9.87. The van der Waals surface area contributed by atoms with Gasteiger partial charge in [-0.05, 0) is 55.5 Å². The number of ether oxygens (including phenoxy) is 1. The molecule has 3 aromatic heterocycles. The monoisotopic (exact) mass is 643 g/mol. The van der Waals surface area contributed by atoms with Gasteiger partial charge in [0.25, 0.3) is 0 Å². The fraction of sp³-hybridized carbons (Fsp3) is 0.188. The average molecular weight is 644 g/mol. The molecule has 0 aliphatic carbocycles. The van der Waals surface area contributed by atoms with Gasteiger partial charge in [-0.3, -0.25) is 4.40 Å². The molecule has 6 aromatic rings. The van der Waals surface area contributed by atoms with Crippen molar-refractivity contribution in [2.75, 3.05) is 22.7 Å². The number of halogens is 1. The van der Waals surface area contributed by atoms with Crippen LogP contribution in [0.15, 0.2) is 73.1 Å². The van der Waals surface area contributed by atoms with E-state index in [0.29, 0.717) is 34.1 Å². The van der Waals surface area contributed by atoms with E-state index in [4.69, 9.17) is 16.3 Å². The van der Waals surface area contributed by atoms with Crippen LogP contribution in [0.5, 0.6) is 5.75 Å². The first-order valence-corrected chi connectivity index (χ1v) is 15.3. The number of carbonyl (C=O) groups is 2. The van der Waals surface area contributed by atoms with Crippen molar-refractivity contribution in [2.24, 2.45) is 0 Å². The van der Waals surface area contributed by atoms with Gasteiger partial charge in [0.05, 0.1) is 33.7 Å². The highest BCUT2D eigenvalue weighted by atomic mass is 35.5. The van der Waals surface area contributed by atoms with Crippen molar-refractivity contribution in [3.05, 3.63) is 89.5 Å². The normalized spacial score (nSPS) is 11.6. The molecule has 0 radical (unpaired) electrons. The molecular formula is C32H30ClN7O4S. The second-order valence-electron chi connectivity index (χ2n) is 11.3. The Labute approximate surface area is 267 Å². The van der Waals surface area contributed by atoms with Crippen molar-refractivity contribution >= 4 is 67.2 Å². The SMILES string of the molecule is CCOC(=O)c1cn2c(n1)sc1cc(Nc3ccc(NC(=O)Nn4cc(-c5cccc(Cl)c5O)c(C(C)(C)C)n4)cc3)ccc12. The molecule has 3 heterocycles. The molecule has 0 aliphatic rings. The van der Waals surface area contributed by atoms with Gasteiger partial charge in [-0.15, -0.1) is 0 Å². The molecule has 0 unspecified atom stereocenters. The number of nitrogens with one attached hydrogen (secondary N) is 3. The number of aromatic hydroxyl groups is 1. The van der Waals surface area contributed by atoms with Crippen LogP contribution in [0.2, 0.25) is 5.02 Å². The predicted molar refractivity (Wildman–Crippen MR) is 178 cm³/mol. The molecule has 0 saturated carbocycles. The molecule has 4 N–H and O–H groups in total. The Hall–Kier alpha value is -5.07. The van der Waals surface area contributed by atoms with Gasteiger partial charge in [-0.1, -0.05) is 55.8 Å². The first kappa shape index (κ1) is 30.0. The number of fused-ring (bicyclic) bond motifs is 3. The number of nitrogens with zero attached hydrogens (tertiary/aromatic N) is 4. The van der Waals surface area contributed by atoms with Gasteiger partial charge in [0.1, 0.15) is 5.75 Å². The van der Waals surface area contributed by atoms with Crippen LogP contribution in [0.3, 0.4) is 0 Å². The number of hydrogen-bond donors (Lipinski definition) is 4. The van der Waals surface area contributed by atoms with Crippen molar-refractivity contribution in [2.45, 2.75) is 33.1 Å². The number of phenols is 1. The van der Waals surface area contributed by atoms with E-state index in [9.17, 15) is 14.7 Å². The van der Waals surface area contributed by atoms with Gasteiger partial charge in [0.2, 0.25) is 0 Å². The van der Waals surface area contributed by atoms with Crippen LogP contribution in [0.1, 0.15) is 43.9 Å². The summed E-state index contributed by atoms with van der Waals surface area (Å²) in [5.74, 6) is -0.479. The molecule has 11 nitrogen and oxygen atoms in total. The Morgan fingerprint density at radius 2 is 1.73 bits per heavy atom. The number of aromatic nitrogens is 4. The number of benzene rings is 3. The molecular weight excluding hydrogens is 614 g/mol. The molecule has 0 aliphatic heterocycles. The van der Waals surface area contributed by atoms with Gasteiger partial charge < -0.3 is 20.5 Å². The third kappa shape index (κ3) is 6.15. The van der Waals surface area contributed by atoms with E-state index >= 15 is 0 Å². The molecule has 0 spiro atoms. The number of amides is 2. The molecule has 0 atom stereocenters. The Kier molecular flexibility index (Phi) is 7.85. The summed E-state index contributed by atoms with van der Waals surface area (Å²) in [5, 5.41) is 21.6. The van der Waals surface area contributed by atoms with E-state index in [1.807, 2.05) is 55.5 Å². The van der Waals surface area contributed by atoms with Gasteiger partial charge in [-0.25, -0.2) is 20.0 Å². The highest BCUT2D eigenvalue weighted by Crippen LogP contribution is 2.39. The average Bonchev–Trinajstić information content (AvgIpc) is 3.68. The van der Waals surface area contributed by atoms with E-state index in [1.54, 1.807) is 49.6 Å². The summed E-state index contributed by atoms with van der Waals surface area (Å²) in [6, 6.07) is 17.9. The fourth-order valence-corrected chi connectivity index (χ4v) is 6.09. The van der Waals surface area contributed by atoms with Gasteiger partial charge in [-0.2, -0.15) is 9.89 Å². The second-order valence-corrected chi connectivity index (χ2v) is 12.7. The lowest BCUT2D eigenvalue weighted by Gasteiger charge is -2.18. The van der Waals surface area contributed by atoms with Crippen LogP contribution in [0.25, 0.3) is 26.3 Å². The summed E-state index contributed by atoms with van der Waals surface area (Å²) in [6.45, 7) is 8.06. The Morgan fingerprint density at radius 3 is 2.47 bits per heavy atom. The number of thiazole rings is 1. The zero-order chi connectivity index (χ0) is 31.9. The van der Waals surface area contributed by atoms with E-state index in [2.05, 4.69) is 26.1 Å². The maximum Gasteiger partial charge on any atom is 0.358 e. The van der Waals surface area contributed by atoms with Crippen molar-refractivity contribution in [3.8, 4) is 16.9 Å². The van der Waals surface area contributed by atoms with Crippen molar-refractivity contribution in [1.82, 2.24) is 19.3 Å². The molecule has 2 amide bonds. The van der Waals surface area contributed by atoms with Crippen LogP contribution in [-0.4, -0.2) is 43.0 Å². The van der Waals surface area contributed by atoms with Gasteiger partial charge in [0, 0.05) is 39.8 Å². The summed E-state index contributed by atoms with van der Waals surface area (Å²) in [4.78, 5) is 31.3. The minimum atomic E-state index is -0.486. The minimum Gasteiger partial charge on any atom is -0.506 e. The zero-order valence-corrected chi connectivity index (χ0v) is 26.5. The number of esters is 1. The molecule has 3 aromatic carbocycles. The maximum absolute atomic E-state index is 12.9. The molecule has 0 bridgehead atoms. The number of urea groups is 1. The lowest BCUT2D eigenvalue weighted by molar-refractivity contribution is 0.0520. The summed E-state index contributed by atoms with van der Waals surface area (Å²) in [6.07, 6.45) is 3.35. The molecule has 13 heteroatoms. The Balaban J connectivity index is 1.12. The quantitative estimate of drug-likeness (QED) is 0.131. The summed E-state index contributed by atoms with van der Waals surface area (Å²) >= 11 is 7.63. The van der Waals surface area contributed by atoms with Crippen LogP contribution in [0.4, 0.5) is 21.9 Å². The summed E-state index contributed by atoms with van der Waals surface area (Å²) in [7, 11) is 0. The van der Waals surface area contributed by atoms with Crippen molar-refractivity contribution in [3.63, 3.8) is 0 Å². The third-order valence-electron chi connectivity index (χ3n) is 6.93. The first-order chi connectivity index (χ1) is 21.5. The molecule has 0 saturated heterocycles. The van der Waals surface area contributed by atoms with Crippen molar-refractivity contribution < 1.29 is 19.4 Å². The van der Waals surface area contributed by atoms with E-state index in [1.165, 1.54) is 16.1 Å². The van der Waals surface area contributed by atoms with Crippen LogP contribution in [0, 0.1) is 0 Å². The highest BCUT2D eigenvalue weighted by molar-refractivity contribution is 7.23. The molecule has 230 valence electrons. The number of phenolic OH excluding ortho intramolecular Hbond substituents is 1. The summed E-state index contributed by atoms with van der Waals surface area (Å²) in [5.41, 5.74) is 7.75. The molecule has 6 rings (SSSR count). The number of imidazole rings is 1. The Bertz CT molecular complexity index is 2060. The van der Waals surface area contributed by atoms with Crippen LogP contribution >= 0.6 is 22.9 Å². The fourth-order valence-electron chi connectivity index (χ4n) is 4.86. The van der Waals surface area contributed by atoms with E-state index in [-0.39, 0.29) is 21.9 Å². The standard InChI is InChI=1S/C32H30ClN7O4S/c1-5-44-29(42)24-17-39-25-14-13-20(15-26(25)45-31(39)36-24)34-18-9-11-19(12-10-18)35-30(43)38-40-16-22(28(37-40)32(2,3)4)21-7-6-8-23(33)27(21)41/h6-17,34,41H,5H2,1-4H3,(H2,35,38,43). The maximum atomic E-state index is 12.9. The number of carbonyl (C=O) groups excluding carboxylic acids is 2. The number of hydrogen-bond acceptors (Lipinski definition) is 8. The zero-order valence-electron chi connectivity index (χ0n) is 24.9. The number of para-hydroxylation sites is 1. The number of rotatable bonds is 7. The van der Waals surface area contributed by atoms with Crippen LogP contribution in [-0.2, 0) is 10.2 Å². The van der Waals surface area contributed by atoms with E-state index < -0.39 is 12.0 Å². The first-order valence-electron chi connectivity index (χ1n) is 14.1. The third-order valence-corrected chi connectivity index (χ3v) is 8.25. The highest BCUT2D eigenvalue weighted by Gasteiger charge is 2.26. The van der Waals surface area contributed by atoms with E-state index in [0.717, 1.165) is 21.6 Å². The smallest absolute Gasteiger partial charge is 0.358 e. The largest absolute Gasteiger partial charge is 0.506 e. The topological polar surface area (TPSA) is 135 Å². The van der Waals surface area contributed by atoms with Gasteiger partial charge >= 0.3 is 12.0 Å². The molecule has 0 fully saturated rings. The number of anilines is 3. The predicted octanol–water partition coefficient (Wildman–Crippen LogP) is 7.76. The summed E-state index contributed by atoms with van der Waals surface area (Å²) < 4.78 is 7.95. The second kappa shape index (κ2) is 11.8. The van der Waals surface area contributed by atoms with Crippen LogP contribution < -0.4 is 16.1 Å². The lowest BCUT2D eigenvalue weighted by Crippen LogP contribution is -2.28. The molecule has 45 heavy (non-hydrogen) atoms. The Morgan fingerprint density at radius 1 is 1.00 bits per heavy atom. The minimum absolute atomic E-state index is 0.0440. The van der Waals surface area contributed by atoms with Gasteiger partial charge in [0.15, 0.2) is 10.7 Å². The van der Waals surface area contributed by atoms with Crippen molar-refractivity contribution in [1.29, 1.82) is 0 Å².